The van der Waals surface area contributed by atoms with Crippen LogP contribution >= 0.6 is 0 Å². The van der Waals surface area contributed by atoms with E-state index < -0.39 is 23.6 Å². The lowest BCUT2D eigenvalue weighted by molar-refractivity contribution is -0.137. The van der Waals surface area contributed by atoms with Gasteiger partial charge >= 0.3 is 18.0 Å². The molecule has 2 aromatic carbocycles. The van der Waals surface area contributed by atoms with Gasteiger partial charge in [-0.3, -0.25) is 14.4 Å². The topological polar surface area (TPSA) is 118 Å². The summed E-state index contributed by atoms with van der Waals surface area (Å²) in [6, 6.07) is 10.3. The van der Waals surface area contributed by atoms with Crippen LogP contribution in [0.4, 0.5) is 18.9 Å². The van der Waals surface area contributed by atoms with Crippen molar-refractivity contribution in [1.82, 2.24) is 10.7 Å². The number of nitrogens with zero attached hydrogens (tertiary/aromatic N) is 1. The smallest absolute Gasteiger partial charge is 0.416 e. The van der Waals surface area contributed by atoms with Crippen molar-refractivity contribution in [3.05, 3.63) is 59.7 Å². The molecule has 0 spiro atoms. The second-order valence-corrected chi connectivity index (χ2v) is 7.53. The molecule has 3 N–H and O–H groups in total. The lowest BCUT2D eigenvalue weighted by Crippen LogP contribution is -2.35. The molecule has 3 amide bonds. The van der Waals surface area contributed by atoms with Gasteiger partial charge in [0, 0.05) is 18.8 Å². The molecule has 0 bridgehead atoms. The average molecular weight is 492 g/mol. The zero-order valence-electron chi connectivity index (χ0n) is 18.4. The second-order valence-electron chi connectivity index (χ2n) is 7.53. The van der Waals surface area contributed by atoms with Gasteiger partial charge < -0.3 is 20.1 Å². The number of nitrogens with one attached hydrogen (secondary N) is 3. The molecule has 0 unspecified atom stereocenters. The summed E-state index contributed by atoms with van der Waals surface area (Å²) in [7, 11) is 0. The Hall–Kier alpha value is -3.93. The highest BCUT2D eigenvalue weighted by Crippen LogP contribution is 2.30. The Morgan fingerprint density at radius 2 is 1.89 bits per heavy atom. The molecule has 0 saturated carbocycles. The van der Waals surface area contributed by atoms with Gasteiger partial charge in [0.15, 0.2) is 6.61 Å². The van der Waals surface area contributed by atoms with E-state index in [4.69, 9.17) is 9.47 Å². The first-order chi connectivity index (χ1) is 16.7. The van der Waals surface area contributed by atoms with Crippen molar-refractivity contribution >= 4 is 29.6 Å². The van der Waals surface area contributed by atoms with Crippen LogP contribution in [0.3, 0.4) is 0 Å². The number of hydrazone groups is 1. The molecule has 9 nitrogen and oxygen atoms in total. The number of benzene rings is 2. The van der Waals surface area contributed by atoms with Crippen molar-refractivity contribution < 1.29 is 37.0 Å². The number of rotatable bonds is 8. The maximum Gasteiger partial charge on any atom is 0.416 e. The predicted molar refractivity (Wildman–Crippen MR) is 120 cm³/mol. The van der Waals surface area contributed by atoms with E-state index >= 15 is 0 Å². The summed E-state index contributed by atoms with van der Waals surface area (Å²) in [5.41, 5.74) is 1.41. The monoisotopic (exact) mass is 492 g/mol. The Morgan fingerprint density at radius 3 is 2.57 bits per heavy atom. The first-order valence-corrected chi connectivity index (χ1v) is 10.6. The molecule has 0 aliphatic carbocycles. The van der Waals surface area contributed by atoms with E-state index in [-0.39, 0.29) is 24.3 Å². The lowest BCUT2D eigenvalue weighted by atomic mass is 10.2. The third-order valence-electron chi connectivity index (χ3n) is 4.83. The summed E-state index contributed by atoms with van der Waals surface area (Å²) in [6.45, 7) is 1.00. The van der Waals surface area contributed by atoms with Crippen molar-refractivity contribution in [2.75, 3.05) is 25.1 Å². The van der Waals surface area contributed by atoms with E-state index in [1.165, 1.54) is 12.3 Å². The van der Waals surface area contributed by atoms with Crippen LogP contribution in [0.25, 0.3) is 0 Å². The summed E-state index contributed by atoms with van der Waals surface area (Å²) < 4.78 is 49.1. The summed E-state index contributed by atoms with van der Waals surface area (Å²) >= 11 is 0. The van der Waals surface area contributed by atoms with Crippen LogP contribution in [0.1, 0.15) is 24.0 Å². The fraction of sp³-hybridized carbons (Fsp3) is 0.304. The van der Waals surface area contributed by atoms with Crippen LogP contribution in [0.5, 0.6) is 5.75 Å². The number of hydrogen-bond donors (Lipinski definition) is 3. The minimum atomic E-state index is -4.58. The van der Waals surface area contributed by atoms with Gasteiger partial charge in [-0.25, -0.2) is 5.43 Å². The first kappa shape index (κ1) is 25.7. The van der Waals surface area contributed by atoms with Gasteiger partial charge in [-0.15, -0.1) is 0 Å². The standard InChI is InChI=1S/C23H23F3N4O5/c24-23(25,26)16-3-1-4-17(11-16)29-21(32)22(33)30-28-12-15-6-8-18(9-7-15)35-14-20(31)27-13-19-5-2-10-34-19/h1,3-4,6-9,11-12,19H,2,5,10,13-14H2,(H,27,31)(H,29,32)(H,30,33)/b28-12-/t19-/m1/s1. The number of carbonyl (C=O) groups is 3. The van der Waals surface area contributed by atoms with Crippen molar-refractivity contribution in [3.63, 3.8) is 0 Å². The fourth-order valence-corrected chi connectivity index (χ4v) is 3.06. The Morgan fingerprint density at radius 1 is 1.11 bits per heavy atom. The number of carbonyl (C=O) groups excluding carboxylic acids is 3. The molecule has 1 aliphatic heterocycles. The highest BCUT2D eigenvalue weighted by Gasteiger charge is 2.30. The number of amides is 3. The molecular formula is C23H23F3N4O5. The molecule has 1 saturated heterocycles. The molecule has 0 aromatic heterocycles. The Labute approximate surface area is 198 Å². The SMILES string of the molecule is O=C(COc1ccc(/C=N\NC(=O)C(=O)Nc2cccc(C(F)(F)F)c2)cc1)NC[C@H]1CCCO1. The van der Waals surface area contributed by atoms with Crippen LogP contribution in [0.15, 0.2) is 53.6 Å². The normalized spacial score (nSPS) is 15.6. The van der Waals surface area contributed by atoms with Crippen molar-refractivity contribution in [2.24, 2.45) is 5.10 Å². The quantitative estimate of drug-likeness (QED) is 0.297. The number of alkyl halides is 3. The van der Waals surface area contributed by atoms with Gasteiger partial charge in [0.1, 0.15) is 5.75 Å². The van der Waals surface area contributed by atoms with Crippen LogP contribution in [-0.4, -0.2) is 49.8 Å². The number of ether oxygens (including phenoxy) is 2. The fourth-order valence-electron chi connectivity index (χ4n) is 3.06. The minimum Gasteiger partial charge on any atom is -0.484 e. The van der Waals surface area contributed by atoms with Gasteiger partial charge in [0.2, 0.25) is 0 Å². The molecular weight excluding hydrogens is 469 g/mol. The van der Waals surface area contributed by atoms with E-state index in [1.807, 2.05) is 5.43 Å². The molecule has 1 atom stereocenters. The minimum absolute atomic E-state index is 0.0460. The van der Waals surface area contributed by atoms with Crippen molar-refractivity contribution in [3.8, 4) is 5.75 Å². The maximum atomic E-state index is 12.7. The van der Waals surface area contributed by atoms with Crippen LogP contribution in [-0.2, 0) is 25.3 Å². The van der Waals surface area contributed by atoms with Gasteiger partial charge in [-0.2, -0.15) is 18.3 Å². The Bertz CT molecular complexity index is 1070. The van der Waals surface area contributed by atoms with E-state index in [1.54, 1.807) is 24.3 Å². The third kappa shape index (κ3) is 8.41. The third-order valence-corrected chi connectivity index (χ3v) is 4.83. The molecule has 3 rings (SSSR count). The predicted octanol–water partition coefficient (Wildman–Crippen LogP) is 2.47. The summed E-state index contributed by atoms with van der Waals surface area (Å²) in [6.07, 6.45) is -1.36. The van der Waals surface area contributed by atoms with Gasteiger partial charge in [0.05, 0.1) is 17.9 Å². The van der Waals surface area contributed by atoms with E-state index in [0.717, 1.165) is 25.0 Å². The van der Waals surface area contributed by atoms with Crippen molar-refractivity contribution in [1.29, 1.82) is 0 Å². The summed E-state index contributed by atoms with van der Waals surface area (Å²) in [5.74, 6) is -2.16. The first-order valence-electron chi connectivity index (χ1n) is 10.6. The summed E-state index contributed by atoms with van der Waals surface area (Å²) in [4.78, 5) is 35.5. The molecule has 35 heavy (non-hydrogen) atoms. The van der Waals surface area contributed by atoms with Gasteiger partial charge in [-0.05, 0) is 60.9 Å². The van der Waals surface area contributed by atoms with Crippen LogP contribution in [0, 0.1) is 0 Å². The maximum absolute atomic E-state index is 12.7. The second kappa shape index (κ2) is 12.0. The average Bonchev–Trinajstić information content (AvgIpc) is 3.35. The Balaban J connectivity index is 1.40. The van der Waals surface area contributed by atoms with E-state index in [9.17, 15) is 27.6 Å². The summed E-state index contributed by atoms with van der Waals surface area (Å²) in [5, 5.41) is 8.47. The highest BCUT2D eigenvalue weighted by molar-refractivity contribution is 6.39. The molecule has 2 aromatic rings. The number of halogens is 3. The Kier molecular flexibility index (Phi) is 8.79. The number of anilines is 1. The van der Waals surface area contributed by atoms with E-state index in [2.05, 4.69) is 15.7 Å². The molecule has 186 valence electrons. The molecule has 1 heterocycles. The lowest BCUT2D eigenvalue weighted by Gasteiger charge is -2.11. The number of hydrogen-bond acceptors (Lipinski definition) is 6. The molecule has 0 radical (unpaired) electrons. The van der Waals surface area contributed by atoms with Crippen LogP contribution < -0.4 is 20.8 Å². The van der Waals surface area contributed by atoms with Gasteiger partial charge in [-0.1, -0.05) is 6.07 Å². The molecule has 1 fully saturated rings. The molecule has 1 aliphatic rings. The molecule has 12 heteroatoms. The van der Waals surface area contributed by atoms with Crippen molar-refractivity contribution in [2.45, 2.75) is 25.1 Å². The van der Waals surface area contributed by atoms with Gasteiger partial charge in [0.25, 0.3) is 5.91 Å². The van der Waals surface area contributed by atoms with E-state index in [0.29, 0.717) is 30.5 Å². The van der Waals surface area contributed by atoms with Crippen LogP contribution in [0.2, 0.25) is 0 Å². The zero-order valence-corrected chi connectivity index (χ0v) is 18.4. The zero-order chi connectivity index (χ0) is 25.3. The largest absolute Gasteiger partial charge is 0.484 e. The highest BCUT2D eigenvalue weighted by atomic mass is 19.4.